The molecule has 1 aliphatic heterocycles. The fourth-order valence-corrected chi connectivity index (χ4v) is 6.68. The Morgan fingerprint density at radius 2 is 1.69 bits per heavy atom. The molecule has 51 heavy (non-hydrogen) atoms. The summed E-state index contributed by atoms with van der Waals surface area (Å²) in [6.45, 7) is 20.5. The number of hydrogen-bond donors (Lipinski definition) is 2. The molecule has 0 spiro atoms. The van der Waals surface area contributed by atoms with Crippen LogP contribution in [-0.2, 0) is 9.47 Å². The molecular formula is C40H51ClN6O4. The molecule has 4 aromatic rings. The van der Waals surface area contributed by atoms with E-state index >= 15 is 0 Å². The van der Waals surface area contributed by atoms with Gasteiger partial charge in [0.25, 0.3) is 0 Å². The van der Waals surface area contributed by atoms with Gasteiger partial charge in [0.05, 0.1) is 17.1 Å². The van der Waals surface area contributed by atoms with Gasteiger partial charge in [0.15, 0.2) is 0 Å². The molecule has 0 saturated carbocycles. The maximum atomic E-state index is 13.1. The van der Waals surface area contributed by atoms with Crippen molar-refractivity contribution in [2.45, 2.75) is 97.9 Å². The van der Waals surface area contributed by atoms with Crippen LogP contribution in [0.1, 0.15) is 92.1 Å². The highest BCUT2D eigenvalue weighted by Gasteiger charge is 2.39. The first-order chi connectivity index (χ1) is 24.1. The maximum absolute atomic E-state index is 13.1. The molecule has 2 N–H and O–H groups in total. The fraction of sp³-hybridized carbons (Fsp3) is 0.450. The normalized spacial score (nSPS) is 17.0. The Bertz CT molecular complexity index is 1920. The van der Waals surface area contributed by atoms with Gasteiger partial charge in [-0.3, -0.25) is 9.89 Å². The van der Waals surface area contributed by atoms with Crippen LogP contribution < -0.4 is 5.32 Å². The zero-order chi connectivity index (χ0) is 37.1. The number of carbonyl (C=O) groups is 2. The van der Waals surface area contributed by atoms with Gasteiger partial charge in [-0.1, -0.05) is 61.0 Å². The summed E-state index contributed by atoms with van der Waals surface area (Å²) in [6.07, 6.45) is 1.87. The van der Waals surface area contributed by atoms with Crippen LogP contribution in [0.3, 0.4) is 0 Å². The highest BCUT2D eigenvalue weighted by Crippen LogP contribution is 2.38. The number of aliphatic imine (C=N–C) groups is 1. The second-order valence-corrected chi connectivity index (χ2v) is 15.5. The first kappa shape index (κ1) is 37.7. The summed E-state index contributed by atoms with van der Waals surface area (Å²) in [5.74, 6) is 0.779. The number of likely N-dealkylation sites (tertiary alicyclic amines) is 1. The van der Waals surface area contributed by atoms with Crippen LogP contribution >= 0.6 is 11.6 Å². The second kappa shape index (κ2) is 15.4. The monoisotopic (exact) mass is 714 g/mol. The van der Waals surface area contributed by atoms with E-state index in [2.05, 4.69) is 53.2 Å². The lowest BCUT2D eigenvalue weighted by Crippen LogP contribution is -2.40. The topological polar surface area (TPSA) is 112 Å². The van der Waals surface area contributed by atoms with Gasteiger partial charge in [-0.15, -0.1) is 0 Å². The van der Waals surface area contributed by atoms with E-state index in [9.17, 15) is 9.59 Å². The van der Waals surface area contributed by atoms with E-state index in [4.69, 9.17) is 26.1 Å². The van der Waals surface area contributed by atoms with Crippen molar-refractivity contribution in [3.8, 4) is 11.1 Å². The number of H-pyrrole nitrogens is 1. The number of hydrogen-bond acceptors (Lipinski definition) is 7. The Labute approximate surface area is 306 Å². The van der Waals surface area contributed by atoms with Gasteiger partial charge in [0, 0.05) is 36.6 Å². The largest absolute Gasteiger partial charge is 0.444 e. The molecule has 3 aromatic carbocycles. The Kier molecular flexibility index (Phi) is 11.3. The third-order valence-corrected chi connectivity index (χ3v) is 9.05. The number of ether oxygens (including phenoxy) is 2. The smallest absolute Gasteiger partial charge is 0.411 e. The number of rotatable bonds is 10. The average Bonchev–Trinajstić information content (AvgIpc) is 3.67. The number of benzene rings is 3. The van der Waals surface area contributed by atoms with Crippen LogP contribution in [0, 0.1) is 0 Å². The van der Waals surface area contributed by atoms with Crippen molar-refractivity contribution in [1.29, 1.82) is 0 Å². The third-order valence-electron chi connectivity index (χ3n) is 8.74. The molecule has 2 unspecified atom stereocenters. The van der Waals surface area contributed by atoms with Gasteiger partial charge in [-0.05, 0) is 103 Å². The Balaban J connectivity index is 1.31. The summed E-state index contributed by atoms with van der Waals surface area (Å²) >= 11 is 6.66. The zero-order valence-corrected chi connectivity index (χ0v) is 31.9. The van der Waals surface area contributed by atoms with Crippen LogP contribution in [0.5, 0.6) is 0 Å². The Morgan fingerprint density at radius 3 is 2.33 bits per heavy atom. The molecule has 2 atom stereocenters. The summed E-state index contributed by atoms with van der Waals surface area (Å²) in [5.41, 5.74) is 4.12. The molecule has 1 aromatic heterocycles. The van der Waals surface area contributed by atoms with Crippen molar-refractivity contribution in [2.24, 2.45) is 4.99 Å². The minimum absolute atomic E-state index is 0.0668. The highest BCUT2D eigenvalue weighted by atomic mass is 35.5. The van der Waals surface area contributed by atoms with Crippen molar-refractivity contribution in [1.82, 2.24) is 25.1 Å². The van der Waals surface area contributed by atoms with Gasteiger partial charge in [-0.2, -0.15) is 0 Å². The molecule has 0 bridgehead atoms. The number of carbonyl (C=O) groups excluding carboxylic acids is 2. The van der Waals surface area contributed by atoms with E-state index in [1.165, 1.54) is 0 Å². The van der Waals surface area contributed by atoms with E-state index in [0.29, 0.717) is 30.5 Å². The summed E-state index contributed by atoms with van der Waals surface area (Å²) in [4.78, 5) is 42.0. The molecule has 0 radical (unpaired) electrons. The second-order valence-electron chi connectivity index (χ2n) is 15.1. The first-order valence-corrected chi connectivity index (χ1v) is 18.1. The molecule has 1 saturated heterocycles. The van der Waals surface area contributed by atoms with Crippen LogP contribution in [0.15, 0.2) is 64.7 Å². The predicted octanol–water partition coefficient (Wildman–Crippen LogP) is 9.65. The number of nitrogens with one attached hydrogen (secondary N) is 2. The van der Waals surface area contributed by atoms with Crippen molar-refractivity contribution in [2.75, 3.05) is 19.6 Å². The number of imidazole rings is 1. The SMILES string of the molecule is C=N/C(=C(/Cl)NCCN(CCC)C(=O)OC(C)(C)C)c1ccc(-c2ccc3c(ccc4[nH]c(C5CCC(C)N5C(=O)OC(C)(C)C)nc43)c2)cc1. The van der Waals surface area contributed by atoms with Gasteiger partial charge in [-0.25, -0.2) is 14.6 Å². The number of fused-ring (bicyclic) bond motifs is 3. The van der Waals surface area contributed by atoms with Crippen LogP contribution in [0.25, 0.3) is 38.6 Å². The number of nitrogens with zero attached hydrogens (tertiary/aromatic N) is 4. The standard InChI is InChI=1S/C40H51ClN6O4/c1-10-22-46(37(48)50-39(3,4)5)23-21-43-35(41)33(42-9)27-14-12-26(13-15-27)28-16-18-30-29(24-28)17-19-31-34(30)45-36(44-31)32-20-11-25(2)47(32)38(49)51-40(6,7)8/h12-19,24-25,32,43H,9-11,20-23H2,1-8H3,(H,44,45)/b35-33-. The van der Waals surface area contributed by atoms with Gasteiger partial charge in [0.1, 0.15) is 27.9 Å². The average molecular weight is 715 g/mol. The van der Waals surface area contributed by atoms with Gasteiger partial charge >= 0.3 is 12.2 Å². The van der Waals surface area contributed by atoms with E-state index in [1.54, 1.807) is 4.90 Å². The summed E-state index contributed by atoms with van der Waals surface area (Å²) in [5, 5.41) is 5.64. The lowest BCUT2D eigenvalue weighted by atomic mass is 9.99. The minimum atomic E-state index is -0.569. The molecule has 272 valence electrons. The van der Waals surface area contributed by atoms with Gasteiger partial charge in [0.2, 0.25) is 0 Å². The predicted molar refractivity (Wildman–Crippen MR) is 207 cm³/mol. The summed E-state index contributed by atoms with van der Waals surface area (Å²) < 4.78 is 11.3. The fourth-order valence-electron chi connectivity index (χ4n) is 6.42. The van der Waals surface area contributed by atoms with Crippen molar-refractivity contribution < 1.29 is 19.1 Å². The van der Waals surface area contributed by atoms with Crippen LogP contribution in [0.4, 0.5) is 9.59 Å². The number of aromatic nitrogens is 2. The van der Waals surface area contributed by atoms with Crippen LogP contribution in [-0.4, -0.2) is 75.5 Å². The molecule has 2 amide bonds. The molecular weight excluding hydrogens is 664 g/mol. The Hall–Kier alpha value is -4.57. The van der Waals surface area contributed by atoms with Crippen LogP contribution in [0.2, 0.25) is 0 Å². The number of halogens is 1. The summed E-state index contributed by atoms with van der Waals surface area (Å²) in [6, 6.07) is 18.4. The van der Waals surface area contributed by atoms with Gasteiger partial charge < -0.3 is 24.7 Å². The molecule has 0 aliphatic carbocycles. The molecule has 2 heterocycles. The maximum Gasteiger partial charge on any atom is 0.411 e. The number of amides is 2. The quantitative estimate of drug-likeness (QED) is 0.125. The Morgan fingerprint density at radius 1 is 1.00 bits per heavy atom. The molecule has 1 fully saturated rings. The zero-order valence-electron chi connectivity index (χ0n) is 31.1. The van der Waals surface area contributed by atoms with E-state index in [0.717, 1.165) is 63.6 Å². The van der Waals surface area contributed by atoms with E-state index in [-0.39, 0.29) is 24.3 Å². The van der Waals surface area contributed by atoms with E-state index < -0.39 is 11.2 Å². The minimum Gasteiger partial charge on any atom is -0.444 e. The van der Waals surface area contributed by atoms with Crippen molar-refractivity contribution in [3.05, 3.63) is 71.1 Å². The molecule has 5 rings (SSSR count). The molecule has 1 aliphatic rings. The molecule has 10 nitrogen and oxygen atoms in total. The lowest BCUT2D eigenvalue weighted by Gasteiger charge is -2.30. The lowest BCUT2D eigenvalue weighted by molar-refractivity contribution is 0.0151. The third kappa shape index (κ3) is 9.03. The van der Waals surface area contributed by atoms with Crippen molar-refractivity contribution >= 4 is 58.0 Å². The van der Waals surface area contributed by atoms with Crippen molar-refractivity contribution in [3.63, 3.8) is 0 Å². The summed E-state index contributed by atoms with van der Waals surface area (Å²) in [7, 11) is 0. The number of aromatic amines is 1. The molecule has 11 heteroatoms. The first-order valence-electron chi connectivity index (χ1n) is 17.7. The highest BCUT2D eigenvalue weighted by molar-refractivity contribution is 6.32. The van der Waals surface area contributed by atoms with E-state index in [1.807, 2.05) is 83.7 Å².